The molecule has 27 heavy (non-hydrogen) atoms. The van der Waals surface area contributed by atoms with Crippen LogP contribution in [0.2, 0.25) is 0 Å². The molecule has 5 atom stereocenters. The number of Topliss-reactive ketones (excluding diaryl/α,β-unsaturated/α-hetero) is 1. The number of carbonyl (C=O) groups is 3. The van der Waals surface area contributed by atoms with Crippen LogP contribution in [-0.2, 0) is 20.8 Å². The van der Waals surface area contributed by atoms with Crippen molar-refractivity contribution in [2.24, 2.45) is 11.8 Å². The third-order valence-electron chi connectivity index (χ3n) is 4.35. The van der Waals surface area contributed by atoms with Gasteiger partial charge in [-0.2, -0.15) is 0 Å². The molecule has 148 valence electrons. The summed E-state index contributed by atoms with van der Waals surface area (Å²) in [6.07, 6.45) is -4.79. The summed E-state index contributed by atoms with van der Waals surface area (Å²) in [6.45, 7) is -0.133. The van der Waals surface area contributed by atoms with E-state index in [0.29, 0.717) is 6.92 Å². The lowest BCUT2D eigenvalue weighted by Gasteiger charge is -2.26. The summed E-state index contributed by atoms with van der Waals surface area (Å²) in [4.78, 5) is 40.0. The van der Waals surface area contributed by atoms with E-state index in [1.165, 1.54) is 14.0 Å². The first-order valence-corrected chi connectivity index (χ1v) is 8.32. The fraction of sp³-hybridized carbons (Fsp3) is 0.571. The maximum atomic E-state index is 13.4. The van der Waals surface area contributed by atoms with Crippen molar-refractivity contribution >= 4 is 17.6 Å². The second kappa shape index (κ2) is 8.65. The molecule has 0 bridgehead atoms. The van der Waals surface area contributed by atoms with Crippen LogP contribution >= 0.6 is 0 Å². The Morgan fingerprint density at radius 2 is 2.15 bits per heavy atom. The molecule has 2 unspecified atom stereocenters. The molecule has 1 aliphatic heterocycles. The first-order chi connectivity index (χ1) is 16.9. The van der Waals surface area contributed by atoms with E-state index in [1.54, 1.807) is 0 Å². The molecule has 1 heterocycles. The lowest BCUT2D eigenvalue weighted by molar-refractivity contribution is -0.138. The van der Waals surface area contributed by atoms with Gasteiger partial charge in [-0.15, -0.1) is 0 Å². The highest BCUT2D eigenvalue weighted by atomic mass is 16.3. The van der Waals surface area contributed by atoms with Crippen molar-refractivity contribution in [2.75, 3.05) is 7.05 Å². The van der Waals surface area contributed by atoms with Crippen LogP contribution in [0.1, 0.15) is 66.3 Å². The predicted octanol–water partition coefficient (Wildman–Crippen LogP) is 1.86. The van der Waals surface area contributed by atoms with Crippen molar-refractivity contribution in [3.63, 3.8) is 0 Å². The number of nitrogens with zero attached hydrogens (tertiary/aromatic N) is 1. The summed E-state index contributed by atoms with van der Waals surface area (Å²) in [6, 6.07) is -7.41. The number of amides is 2. The molecule has 0 fully saturated rings. The second-order valence-corrected chi connectivity index (χ2v) is 6.50. The van der Waals surface area contributed by atoms with E-state index in [-0.39, 0.29) is 5.56 Å². The minimum atomic E-state index is -3.44. The van der Waals surface area contributed by atoms with Crippen molar-refractivity contribution in [1.29, 1.82) is 0 Å². The van der Waals surface area contributed by atoms with Gasteiger partial charge in [-0.05, 0) is 30.4 Å². The molecule has 0 aromatic heterocycles. The summed E-state index contributed by atoms with van der Waals surface area (Å²) in [5.74, 6) is -8.26. The first-order valence-electron chi connectivity index (χ1n) is 13.8. The predicted molar refractivity (Wildman–Crippen MR) is 103 cm³/mol. The molecule has 1 aliphatic rings. The summed E-state index contributed by atoms with van der Waals surface area (Å²) in [5, 5.41) is 12.4. The van der Waals surface area contributed by atoms with Crippen LogP contribution in [0.3, 0.4) is 0 Å². The van der Waals surface area contributed by atoms with Gasteiger partial charge in [0.1, 0.15) is 12.1 Å². The number of hydrogen-bond donors (Lipinski definition) is 2. The molecule has 6 nitrogen and oxygen atoms in total. The topological polar surface area (TPSA) is 86.7 Å². The SMILES string of the molecule is [2H]c1c([2H])c([2H])c2c(c1[2H])CC([2H])(C)N(C)C(=O)[C@@]2([2H])NC(=O)[C@H](C)CC(=O)[C@@]([2H])(O)C([2H])(C)C([2H])([2H])[2H]. The molecule has 2 amide bonds. The summed E-state index contributed by atoms with van der Waals surface area (Å²) in [7, 11) is 1.17. The van der Waals surface area contributed by atoms with E-state index < -0.39 is 97.0 Å². The Kier molecular flexibility index (Phi) is 3.32. The molecule has 1 aromatic carbocycles. The third kappa shape index (κ3) is 4.75. The zero-order chi connectivity index (χ0) is 30.0. The Balaban J connectivity index is 2.55. The van der Waals surface area contributed by atoms with Gasteiger partial charge in [0.15, 0.2) is 5.78 Å². The van der Waals surface area contributed by atoms with Crippen LogP contribution < -0.4 is 5.32 Å². The van der Waals surface area contributed by atoms with Gasteiger partial charge in [0.05, 0.1) is 9.60 Å². The number of rotatable bonds is 6. The Labute approximate surface area is 176 Å². The van der Waals surface area contributed by atoms with Crippen LogP contribution in [0.5, 0.6) is 0 Å². The van der Waals surface area contributed by atoms with E-state index in [2.05, 4.69) is 5.32 Å². The number of hydrogen-bond acceptors (Lipinski definition) is 4. The van der Waals surface area contributed by atoms with Gasteiger partial charge in [0.2, 0.25) is 11.8 Å². The highest BCUT2D eigenvalue weighted by molar-refractivity contribution is 5.93. The van der Waals surface area contributed by atoms with Gasteiger partial charge in [-0.25, -0.2) is 0 Å². The number of likely N-dealkylation sites (N-methyl/N-ethyl adjacent to an activating group) is 1. The normalized spacial score (nSPS) is 37.1. The first kappa shape index (κ1) is 10.4. The van der Waals surface area contributed by atoms with Gasteiger partial charge in [0.25, 0.3) is 0 Å². The Hall–Kier alpha value is -2.21. The molecular weight excluding hydrogens is 344 g/mol. The Morgan fingerprint density at radius 3 is 2.81 bits per heavy atom. The average Bonchev–Trinajstić information content (AvgIpc) is 2.83. The van der Waals surface area contributed by atoms with Gasteiger partial charge in [0, 0.05) is 30.9 Å². The van der Waals surface area contributed by atoms with Crippen LogP contribution in [0.4, 0.5) is 0 Å². The lowest BCUT2D eigenvalue weighted by Crippen LogP contribution is -2.44. The molecule has 6 heteroatoms. The van der Waals surface area contributed by atoms with Crippen LogP contribution in [0, 0.1) is 11.8 Å². The van der Waals surface area contributed by atoms with E-state index in [4.69, 9.17) is 15.1 Å². The lowest BCUT2D eigenvalue weighted by atomic mass is 9.94. The van der Waals surface area contributed by atoms with Gasteiger partial charge in [-0.3, -0.25) is 14.4 Å². The van der Waals surface area contributed by atoms with Crippen molar-refractivity contribution in [1.82, 2.24) is 10.2 Å². The van der Waals surface area contributed by atoms with Crippen molar-refractivity contribution < 1.29 is 34.6 Å². The van der Waals surface area contributed by atoms with E-state index >= 15 is 0 Å². The quantitative estimate of drug-likeness (QED) is 0.782. The summed E-state index contributed by atoms with van der Waals surface area (Å²) < 4.78 is 87.9. The summed E-state index contributed by atoms with van der Waals surface area (Å²) in [5.41, 5.74) is -0.797. The fourth-order valence-corrected chi connectivity index (χ4v) is 2.55. The zero-order valence-corrected chi connectivity index (χ0v) is 15.6. The molecule has 0 saturated carbocycles. The molecule has 1 aromatic rings. The highest BCUT2D eigenvalue weighted by Crippen LogP contribution is 2.27. The molecule has 0 saturated heterocycles. The largest absolute Gasteiger partial charge is 0.385 e. The van der Waals surface area contributed by atoms with Crippen molar-refractivity contribution in [3.8, 4) is 0 Å². The summed E-state index contributed by atoms with van der Waals surface area (Å²) >= 11 is 0. The maximum Gasteiger partial charge on any atom is 0.249 e. The van der Waals surface area contributed by atoms with Gasteiger partial charge in [-0.1, -0.05) is 44.9 Å². The van der Waals surface area contributed by atoms with E-state index in [0.717, 1.165) is 11.8 Å². The van der Waals surface area contributed by atoms with Crippen molar-refractivity contribution in [3.05, 3.63) is 35.3 Å². The minimum Gasteiger partial charge on any atom is -0.385 e. The number of nitrogens with one attached hydrogen (secondary N) is 1. The Morgan fingerprint density at radius 1 is 1.48 bits per heavy atom. The number of ketones is 1. The van der Waals surface area contributed by atoms with E-state index in [1.807, 2.05) is 0 Å². The molecule has 0 spiro atoms. The zero-order valence-electron chi connectivity index (χ0n) is 26.6. The smallest absolute Gasteiger partial charge is 0.249 e. The molecule has 0 aliphatic carbocycles. The Bertz CT molecular complexity index is 1180. The second-order valence-electron chi connectivity index (χ2n) is 6.50. The molecular formula is C21H30N2O4. The van der Waals surface area contributed by atoms with Gasteiger partial charge >= 0.3 is 0 Å². The van der Waals surface area contributed by atoms with Gasteiger partial charge < -0.3 is 15.3 Å². The number of carbonyl (C=O) groups excluding carboxylic acids is 3. The highest BCUT2D eigenvalue weighted by Gasteiger charge is 2.34. The molecule has 0 radical (unpaired) electrons. The average molecular weight is 386 g/mol. The molecule has 2 rings (SSSR count). The number of benzene rings is 1. The number of fused-ring (bicyclic) bond motifs is 1. The van der Waals surface area contributed by atoms with Crippen molar-refractivity contribution in [2.45, 2.75) is 58.6 Å². The van der Waals surface area contributed by atoms with E-state index in [9.17, 15) is 19.5 Å². The van der Waals surface area contributed by atoms with Crippen LogP contribution in [-0.4, -0.2) is 46.7 Å². The molecule has 2 N–H and O–H groups in total. The third-order valence-corrected chi connectivity index (χ3v) is 4.35. The van der Waals surface area contributed by atoms with Crippen LogP contribution in [0.25, 0.3) is 0 Å². The maximum absolute atomic E-state index is 13.4. The fourth-order valence-electron chi connectivity index (χ4n) is 2.55. The number of aliphatic hydroxyl groups is 1. The monoisotopic (exact) mass is 385 g/mol. The minimum absolute atomic E-state index is 0.228. The standard InChI is InChI=1S/C21H30N2O4/c1-12(2)19(25)17(24)10-13(3)20(26)22-18-16-9-7-6-8-15(16)11-14(4)23(5)21(18)27/h6-9,12-14,18-19,25H,10-11H2,1-5H3,(H,22,26)/t13-,14?,18+,19+/m1/s1/i1D3,6D,7D,8D,9D,12D,14D,18D,19D/t12?,13-,14?,18+,19+. The van der Waals surface area contributed by atoms with Crippen LogP contribution in [0.15, 0.2) is 24.2 Å².